The highest BCUT2D eigenvalue weighted by Gasteiger charge is 2.50. The van der Waals surface area contributed by atoms with Gasteiger partial charge in [0.1, 0.15) is 0 Å². The summed E-state index contributed by atoms with van der Waals surface area (Å²) in [5.41, 5.74) is 0.992. The molecule has 156 valence electrons. The lowest BCUT2D eigenvalue weighted by atomic mass is 9.61. The number of rotatable bonds is 8. The van der Waals surface area contributed by atoms with Crippen LogP contribution in [0.3, 0.4) is 0 Å². The van der Waals surface area contributed by atoms with Crippen molar-refractivity contribution in [3.8, 4) is 0 Å². The van der Waals surface area contributed by atoms with Crippen molar-refractivity contribution in [2.75, 3.05) is 0 Å². The highest BCUT2D eigenvalue weighted by molar-refractivity contribution is 9.11. The van der Waals surface area contributed by atoms with Gasteiger partial charge in [0.05, 0.1) is 0 Å². The highest BCUT2D eigenvalue weighted by Crippen LogP contribution is 2.60. The van der Waals surface area contributed by atoms with Crippen molar-refractivity contribution in [1.29, 1.82) is 0 Å². The summed E-state index contributed by atoms with van der Waals surface area (Å²) < 4.78 is 6.06. The molecule has 5 atom stereocenters. The Bertz CT molecular complexity index is 570. The molecular formula is C22H39BrO3Si. The third-order valence-electron chi connectivity index (χ3n) is 7.16. The second-order valence-electron chi connectivity index (χ2n) is 10.4. The van der Waals surface area contributed by atoms with Gasteiger partial charge < -0.3 is 9.53 Å². The van der Waals surface area contributed by atoms with E-state index in [0.717, 1.165) is 24.7 Å². The molecule has 0 heterocycles. The summed E-state index contributed by atoms with van der Waals surface area (Å²) in [7, 11) is -1.90. The zero-order chi connectivity index (χ0) is 20.5. The molecule has 0 amide bonds. The summed E-state index contributed by atoms with van der Waals surface area (Å²) >= 11 is 3.60. The van der Waals surface area contributed by atoms with E-state index in [-0.39, 0.29) is 0 Å². The largest absolute Gasteiger partial charge is 0.479 e. The minimum Gasteiger partial charge on any atom is -0.479 e. The number of halogens is 1. The highest BCUT2D eigenvalue weighted by atomic mass is 79.9. The van der Waals surface area contributed by atoms with Crippen LogP contribution in [0.15, 0.2) is 10.6 Å². The van der Waals surface area contributed by atoms with Gasteiger partial charge in [0.2, 0.25) is 0 Å². The Labute approximate surface area is 175 Å². The Morgan fingerprint density at radius 1 is 1.44 bits per heavy atom. The van der Waals surface area contributed by atoms with Crippen molar-refractivity contribution >= 4 is 30.2 Å². The fourth-order valence-corrected chi connectivity index (χ4v) is 8.07. The molecule has 0 radical (unpaired) electrons. The van der Waals surface area contributed by atoms with Gasteiger partial charge in [0.15, 0.2) is 13.9 Å². The summed E-state index contributed by atoms with van der Waals surface area (Å²) in [6.45, 7) is 12.9. The van der Waals surface area contributed by atoms with Crippen molar-refractivity contribution in [1.82, 2.24) is 0 Å². The number of fused-ring (bicyclic) bond motifs is 1. The first kappa shape index (κ1) is 23.1. The van der Waals surface area contributed by atoms with Crippen molar-refractivity contribution in [2.24, 2.45) is 23.2 Å². The van der Waals surface area contributed by atoms with Gasteiger partial charge in [-0.25, -0.2) is 4.79 Å². The average molecular weight is 460 g/mol. The standard InChI is InChI=1S/C22H39BrO3Si/c1-16(9-7-14-22(3,20(24)25)26-27(4,5)6)18-11-12-19-17(15-23)10-8-13-21(18,19)2/h15-16,18-19H,7-14H2,1-6H3,(H,24,25)/t16-,18-,19?,21+,22-/m1/s1. The van der Waals surface area contributed by atoms with Crippen LogP contribution in [0.5, 0.6) is 0 Å². The molecule has 2 rings (SSSR count). The third-order valence-corrected chi connectivity index (χ3v) is 8.81. The Balaban J connectivity index is 1.97. The molecule has 0 aromatic rings. The van der Waals surface area contributed by atoms with Gasteiger partial charge in [-0.05, 0) is 99.7 Å². The Kier molecular flexibility index (Phi) is 7.46. The van der Waals surface area contributed by atoms with Crippen LogP contribution < -0.4 is 0 Å². The van der Waals surface area contributed by atoms with E-state index in [0.29, 0.717) is 17.8 Å². The molecule has 2 aliphatic carbocycles. The van der Waals surface area contributed by atoms with Crippen molar-refractivity contribution in [3.05, 3.63) is 10.6 Å². The Morgan fingerprint density at radius 2 is 2.11 bits per heavy atom. The van der Waals surface area contributed by atoms with Crippen LogP contribution >= 0.6 is 15.9 Å². The fourth-order valence-electron chi connectivity index (χ4n) is 5.99. The lowest BCUT2D eigenvalue weighted by Gasteiger charge is -2.44. The molecule has 0 aliphatic heterocycles. The monoisotopic (exact) mass is 458 g/mol. The molecule has 0 spiro atoms. The van der Waals surface area contributed by atoms with Crippen LogP contribution in [0.1, 0.15) is 72.1 Å². The number of aliphatic carboxylic acids is 1. The maximum Gasteiger partial charge on any atom is 0.334 e. The minimum atomic E-state index is -1.90. The number of allylic oxidation sites excluding steroid dienone is 1. The molecule has 2 aliphatic rings. The molecule has 5 heteroatoms. The molecule has 2 fully saturated rings. The van der Waals surface area contributed by atoms with Crippen LogP contribution in [0.4, 0.5) is 0 Å². The van der Waals surface area contributed by atoms with Gasteiger partial charge in [-0.1, -0.05) is 41.8 Å². The average Bonchev–Trinajstić information content (AvgIpc) is 2.89. The number of carboxylic acids is 1. The van der Waals surface area contributed by atoms with E-state index in [9.17, 15) is 9.90 Å². The normalized spacial score (nSPS) is 33.5. The zero-order valence-electron chi connectivity index (χ0n) is 18.1. The van der Waals surface area contributed by atoms with Gasteiger partial charge in [-0.15, -0.1) is 0 Å². The summed E-state index contributed by atoms with van der Waals surface area (Å²) in [6, 6.07) is 0. The predicted molar refractivity (Wildman–Crippen MR) is 119 cm³/mol. The molecule has 0 bridgehead atoms. The SMILES string of the molecule is C[C@H](CCC[C@@](C)(O[Si](C)(C)C)C(=O)O)[C@H]1CCC2C(=CBr)CCC[C@]21C. The van der Waals surface area contributed by atoms with Gasteiger partial charge in [0, 0.05) is 0 Å². The van der Waals surface area contributed by atoms with E-state index in [1.807, 2.05) is 0 Å². The predicted octanol–water partition coefficient (Wildman–Crippen LogP) is 6.98. The van der Waals surface area contributed by atoms with E-state index in [4.69, 9.17) is 4.43 Å². The van der Waals surface area contributed by atoms with Crippen molar-refractivity contribution in [2.45, 2.75) is 97.4 Å². The van der Waals surface area contributed by atoms with E-state index in [1.54, 1.807) is 12.5 Å². The second kappa shape index (κ2) is 8.70. The van der Waals surface area contributed by atoms with Crippen LogP contribution in [0.2, 0.25) is 19.6 Å². The number of carbonyl (C=O) groups is 1. The van der Waals surface area contributed by atoms with Crippen molar-refractivity contribution < 1.29 is 14.3 Å². The minimum absolute atomic E-state index is 0.419. The molecule has 0 saturated heterocycles. The third kappa shape index (κ3) is 5.27. The van der Waals surface area contributed by atoms with E-state index >= 15 is 0 Å². The maximum atomic E-state index is 11.8. The Morgan fingerprint density at radius 3 is 2.67 bits per heavy atom. The number of carboxylic acid groups (broad SMARTS) is 1. The maximum absolute atomic E-state index is 11.8. The molecule has 0 aromatic heterocycles. The topological polar surface area (TPSA) is 46.5 Å². The summed E-state index contributed by atoms with van der Waals surface area (Å²) in [4.78, 5) is 14.0. The molecule has 1 N–H and O–H groups in total. The number of hydrogen-bond donors (Lipinski definition) is 1. The smallest absolute Gasteiger partial charge is 0.334 e. The van der Waals surface area contributed by atoms with Crippen LogP contribution in [-0.4, -0.2) is 25.0 Å². The molecular weight excluding hydrogens is 420 g/mol. The molecule has 2 saturated carbocycles. The van der Waals surface area contributed by atoms with Gasteiger partial charge in [-0.3, -0.25) is 0 Å². The van der Waals surface area contributed by atoms with E-state index < -0.39 is 19.9 Å². The van der Waals surface area contributed by atoms with Crippen LogP contribution in [0, 0.1) is 23.2 Å². The van der Waals surface area contributed by atoms with E-state index in [2.05, 4.69) is 54.4 Å². The molecule has 1 unspecified atom stereocenters. The zero-order valence-corrected chi connectivity index (χ0v) is 20.7. The lowest BCUT2D eigenvalue weighted by Crippen LogP contribution is -2.46. The first-order valence-corrected chi connectivity index (χ1v) is 15.0. The molecule has 0 aromatic carbocycles. The van der Waals surface area contributed by atoms with Gasteiger partial charge in [0.25, 0.3) is 0 Å². The summed E-state index contributed by atoms with van der Waals surface area (Å²) in [5, 5.41) is 9.71. The quantitative estimate of drug-likeness (QED) is 0.398. The first-order chi connectivity index (χ1) is 12.4. The van der Waals surface area contributed by atoms with Crippen LogP contribution in [-0.2, 0) is 9.22 Å². The van der Waals surface area contributed by atoms with E-state index in [1.165, 1.54) is 32.1 Å². The fraction of sp³-hybridized carbons (Fsp3) is 0.864. The van der Waals surface area contributed by atoms with Gasteiger partial charge >= 0.3 is 5.97 Å². The van der Waals surface area contributed by atoms with Crippen molar-refractivity contribution in [3.63, 3.8) is 0 Å². The summed E-state index contributed by atoms with van der Waals surface area (Å²) in [5.74, 6) is 1.31. The first-order valence-electron chi connectivity index (χ1n) is 10.7. The summed E-state index contributed by atoms with van der Waals surface area (Å²) in [6.07, 6.45) is 9.14. The van der Waals surface area contributed by atoms with Crippen LogP contribution in [0.25, 0.3) is 0 Å². The van der Waals surface area contributed by atoms with Gasteiger partial charge in [-0.2, -0.15) is 0 Å². The lowest BCUT2D eigenvalue weighted by molar-refractivity contribution is -0.155. The second-order valence-corrected chi connectivity index (χ2v) is 15.3. The number of hydrogen-bond acceptors (Lipinski definition) is 2. The Hall–Kier alpha value is -0.133. The molecule has 3 nitrogen and oxygen atoms in total. The molecule has 27 heavy (non-hydrogen) atoms.